The van der Waals surface area contributed by atoms with E-state index in [4.69, 9.17) is 9.47 Å². The predicted molar refractivity (Wildman–Crippen MR) is 121 cm³/mol. The number of amides is 2. The van der Waals surface area contributed by atoms with Crippen LogP contribution in [0.4, 0.5) is 4.39 Å². The second-order valence-electron chi connectivity index (χ2n) is 9.05. The molecule has 5 rings (SSSR count). The van der Waals surface area contributed by atoms with Gasteiger partial charge in [-0.3, -0.25) is 24.2 Å². The average molecular weight is 467 g/mol. The molecule has 4 atom stereocenters. The maximum atomic E-state index is 13.4. The van der Waals surface area contributed by atoms with E-state index < -0.39 is 29.4 Å². The normalized spacial score (nSPS) is 28.2. The van der Waals surface area contributed by atoms with Crippen molar-refractivity contribution in [3.63, 3.8) is 0 Å². The summed E-state index contributed by atoms with van der Waals surface area (Å²) in [4.78, 5) is 43.3. The molecule has 2 amide bonds. The van der Waals surface area contributed by atoms with Crippen LogP contribution in [0.2, 0.25) is 0 Å². The highest BCUT2D eigenvalue weighted by Gasteiger charge is 2.73. The number of benzene rings is 2. The van der Waals surface area contributed by atoms with Gasteiger partial charge >= 0.3 is 5.97 Å². The van der Waals surface area contributed by atoms with E-state index in [1.165, 1.54) is 24.1 Å². The van der Waals surface area contributed by atoms with Crippen LogP contribution in [-0.4, -0.2) is 60.4 Å². The van der Waals surface area contributed by atoms with Crippen LogP contribution in [0, 0.1) is 17.7 Å². The topological polar surface area (TPSA) is 76.2 Å². The number of methoxy groups -OCH3 is 2. The number of fused-ring (bicyclic) bond motifs is 3. The summed E-state index contributed by atoms with van der Waals surface area (Å²) in [6.07, 6.45) is 1.20. The molecule has 3 fully saturated rings. The Morgan fingerprint density at radius 1 is 1.12 bits per heavy atom. The Morgan fingerprint density at radius 2 is 1.85 bits per heavy atom. The predicted octanol–water partition coefficient (Wildman–Crippen LogP) is 3.18. The van der Waals surface area contributed by atoms with E-state index in [1.54, 1.807) is 26.2 Å². The number of rotatable bonds is 5. The van der Waals surface area contributed by atoms with Crippen molar-refractivity contribution in [2.45, 2.75) is 31.3 Å². The first kappa shape index (κ1) is 22.5. The molecule has 8 heteroatoms. The average Bonchev–Trinajstić information content (AvgIpc) is 3.47. The van der Waals surface area contributed by atoms with Gasteiger partial charge in [-0.2, -0.15) is 0 Å². The van der Waals surface area contributed by atoms with Gasteiger partial charge in [0.05, 0.1) is 26.1 Å². The fourth-order valence-corrected chi connectivity index (χ4v) is 6.33. The summed E-state index contributed by atoms with van der Waals surface area (Å²) in [5.41, 5.74) is 1.22. The van der Waals surface area contributed by atoms with Crippen molar-refractivity contribution in [1.82, 2.24) is 9.80 Å². The van der Waals surface area contributed by atoms with Gasteiger partial charge in [0.1, 0.15) is 17.1 Å². The number of carbonyl (C=O) groups excluding carboxylic acids is 3. The fourth-order valence-electron chi connectivity index (χ4n) is 6.33. The van der Waals surface area contributed by atoms with Gasteiger partial charge in [0.25, 0.3) is 0 Å². The Bertz CT molecular complexity index is 1170. The first-order valence-corrected chi connectivity index (χ1v) is 11.5. The number of hydrogen-bond acceptors (Lipinski definition) is 6. The number of ether oxygens (including phenoxy) is 2. The highest BCUT2D eigenvalue weighted by atomic mass is 19.1. The van der Waals surface area contributed by atoms with Gasteiger partial charge in [-0.05, 0) is 55.6 Å². The van der Waals surface area contributed by atoms with Crippen LogP contribution in [0.1, 0.15) is 31.4 Å². The van der Waals surface area contributed by atoms with Crippen molar-refractivity contribution in [2.75, 3.05) is 27.3 Å². The zero-order valence-electron chi connectivity index (χ0n) is 19.4. The van der Waals surface area contributed by atoms with Crippen LogP contribution in [0.5, 0.6) is 5.75 Å². The quantitative estimate of drug-likeness (QED) is 0.498. The molecule has 2 aromatic rings. The number of halogens is 1. The van der Waals surface area contributed by atoms with Gasteiger partial charge in [-0.25, -0.2) is 4.39 Å². The van der Waals surface area contributed by atoms with Crippen molar-refractivity contribution in [3.8, 4) is 16.9 Å². The molecule has 7 nitrogen and oxygen atoms in total. The smallest absolute Gasteiger partial charge is 0.327 e. The molecule has 178 valence electrons. The molecule has 0 bridgehead atoms. The molecule has 0 spiro atoms. The van der Waals surface area contributed by atoms with E-state index in [0.29, 0.717) is 18.7 Å². The standard InChI is InChI=1S/C26H27FN2O5/c1-4-28-23(30)20-21(24(28)31)26(25(32)34-3)12-5-13-29(26)22(20)16-8-11-18(19(14-16)33-2)15-6-9-17(27)10-7-15/h6-11,14,20-22H,4-5,12-13H2,1-3H3/t20-,21-,22+,26-/m0/s1. The summed E-state index contributed by atoms with van der Waals surface area (Å²) in [6, 6.07) is 11.3. The lowest BCUT2D eigenvalue weighted by atomic mass is 9.77. The van der Waals surface area contributed by atoms with Crippen LogP contribution in [0.15, 0.2) is 42.5 Å². The van der Waals surface area contributed by atoms with Crippen LogP contribution < -0.4 is 4.74 Å². The molecule has 0 unspecified atom stereocenters. The van der Waals surface area contributed by atoms with Crippen LogP contribution in [0.25, 0.3) is 11.1 Å². The number of nitrogens with zero attached hydrogens (tertiary/aromatic N) is 2. The Morgan fingerprint density at radius 3 is 2.50 bits per heavy atom. The number of carbonyl (C=O) groups is 3. The van der Waals surface area contributed by atoms with Gasteiger partial charge in [0, 0.05) is 18.2 Å². The summed E-state index contributed by atoms with van der Waals surface area (Å²) >= 11 is 0. The van der Waals surface area contributed by atoms with E-state index in [-0.39, 0.29) is 24.2 Å². The van der Waals surface area contributed by atoms with E-state index in [1.807, 2.05) is 23.1 Å². The zero-order chi connectivity index (χ0) is 24.2. The molecule has 0 N–H and O–H groups in total. The van der Waals surface area contributed by atoms with Crippen molar-refractivity contribution in [2.24, 2.45) is 11.8 Å². The Hall–Kier alpha value is -3.26. The third-order valence-corrected chi connectivity index (χ3v) is 7.68. The van der Waals surface area contributed by atoms with E-state index in [9.17, 15) is 18.8 Å². The van der Waals surface area contributed by atoms with Crippen LogP contribution >= 0.6 is 0 Å². The second-order valence-corrected chi connectivity index (χ2v) is 9.05. The number of likely N-dealkylation sites (tertiary alicyclic amines) is 1. The zero-order valence-corrected chi connectivity index (χ0v) is 19.4. The second kappa shape index (κ2) is 8.20. The highest BCUT2D eigenvalue weighted by molar-refractivity contribution is 6.09. The molecule has 3 heterocycles. The van der Waals surface area contributed by atoms with Gasteiger partial charge in [0.2, 0.25) is 11.8 Å². The molecule has 34 heavy (non-hydrogen) atoms. The number of esters is 1. The van der Waals surface area contributed by atoms with Crippen molar-refractivity contribution < 1.29 is 28.2 Å². The lowest BCUT2D eigenvalue weighted by Gasteiger charge is -2.36. The van der Waals surface area contributed by atoms with Crippen molar-refractivity contribution in [1.29, 1.82) is 0 Å². The Balaban J connectivity index is 1.64. The number of imide groups is 1. The van der Waals surface area contributed by atoms with Gasteiger partial charge in [0.15, 0.2) is 0 Å². The molecule has 3 aliphatic rings. The molecule has 3 aliphatic heterocycles. The molecule has 0 aromatic heterocycles. The molecule has 2 aromatic carbocycles. The maximum absolute atomic E-state index is 13.4. The van der Waals surface area contributed by atoms with Gasteiger partial charge < -0.3 is 9.47 Å². The third-order valence-electron chi connectivity index (χ3n) is 7.68. The van der Waals surface area contributed by atoms with Gasteiger partial charge in [-0.1, -0.05) is 24.3 Å². The maximum Gasteiger partial charge on any atom is 0.327 e. The summed E-state index contributed by atoms with van der Waals surface area (Å²) < 4.78 is 24.3. The molecular weight excluding hydrogens is 439 g/mol. The molecule has 0 radical (unpaired) electrons. The highest BCUT2D eigenvalue weighted by Crippen LogP contribution is 2.59. The molecule has 3 saturated heterocycles. The Labute approximate surface area is 197 Å². The summed E-state index contributed by atoms with van der Waals surface area (Å²) in [6.45, 7) is 2.62. The van der Waals surface area contributed by atoms with E-state index >= 15 is 0 Å². The monoisotopic (exact) mass is 466 g/mol. The Kier molecular flexibility index (Phi) is 5.43. The van der Waals surface area contributed by atoms with Gasteiger partial charge in [-0.15, -0.1) is 0 Å². The summed E-state index contributed by atoms with van der Waals surface area (Å²) in [5, 5.41) is 0. The lowest BCUT2D eigenvalue weighted by Crippen LogP contribution is -2.54. The molecular formula is C26H27FN2O5. The fraction of sp³-hybridized carbons (Fsp3) is 0.423. The first-order chi connectivity index (χ1) is 16.4. The first-order valence-electron chi connectivity index (χ1n) is 11.5. The largest absolute Gasteiger partial charge is 0.496 e. The minimum absolute atomic E-state index is 0.248. The van der Waals surface area contributed by atoms with Crippen molar-refractivity contribution in [3.05, 3.63) is 53.8 Å². The van der Waals surface area contributed by atoms with Crippen molar-refractivity contribution >= 4 is 17.8 Å². The minimum Gasteiger partial charge on any atom is -0.496 e. The lowest BCUT2D eigenvalue weighted by molar-refractivity contribution is -0.159. The SMILES string of the molecule is CCN1C(=O)[C@@H]2[C@@H](c3ccc(-c4ccc(F)cc4)c(OC)c3)N3CCC[C@@]3(C(=O)OC)[C@@H]2C1=O. The third kappa shape index (κ3) is 2.94. The molecule has 0 aliphatic carbocycles. The minimum atomic E-state index is -1.15. The van der Waals surface area contributed by atoms with Crippen LogP contribution in [0.3, 0.4) is 0 Å². The summed E-state index contributed by atoms with van der Waals surface area (Å²) in [5.74, 6) is -2.21. The molecule has 0 saturated carbocycles. The van der Waals surface area contributed by atoms with E-state index in [0.717, 1.165) is 23.1 Å². The van der Waals surface area contributed by atoms with Crippen LogP contribution in [-0.2, 0) is 19.1 Å². The summed E-state index contributed by atoms with van der Waals surface area (Å²) in [7, 11) is 2.89. The van der Waals surface area contributed by atoms with E-state index in [2.05, 4.69) is 0 Å². The number of hydrogen-bond donors (Lipinski definition) is 0.